The molecule has 1 fully saturated rings. The van der Waals surface area contributed by atoms with Crippen LogP contribution in [0.4, 0.5) is 0 Å². The van der Waals surface area contributed by atoms with E-state index in [0.29, 0.717) is 5.92 Å². The first-order chi connectivity index (χ1) is 11.3. The molecule has 1 aromatic rings. The van der Waals surface area contributed by atoms with Crippen molar-refractivity contribution in [1.82, 2.24) is 0 Å². The zero-order valence-electron chi connectivity index (χ0n) is 14.6. The summed E-state index contributed by atoms with van der Waals surface area (Å²) in [5.41, 5.74) is 2.54. The molecule has 0 bridgehead atoms. The number of benzene rings is 1. The van der Waals surface area contributed by atoms with Gasteiger partial charge in [0.1, 0.15) is 0 Å². The summed E-state index contributed by atoms with van der Waals surface area (Å²) in [5, 5.41) is 0. The highest BCUT2D eigenvalue weighted by molar-refractivity contribution is 5.23. The van der Waals surface area contributed by atoms with Gasteiger partial charge in [-0.25, -0.2) is 0 Å². The fourth-order valence-corrected chi connectivity index (χ4v) is 3.04. The van der Waals surface area contributed by atoms with E-state index in [-0.39, 0.29) is 6.29 Å². The molecule has 0 radical (unpaired) electrons. The monoisotopic (exact) mass is 316 g/mol. The van der Waals surface area contributed by atoms with Gasteiger partial charge in [-0.2, -0.15) is 0 Å². The van der Waals surface area contributed by atoms with Gasteiger partial charge in [-0.05, 0) is 37.7 Å². The minimum absolute atomic E-state index is 0.174. The minimum atomic E-state index is -0.174. The van der Waals surface area contributed by atoms with Crippen LogP contribution in [0.5, 0.6) is 0 Å². The van der Waals surface area contributed by atoms with Crippen molar-refractivity contribution in [3.05, 3.63) is 48.0 Å². The van der Waals surface area contributed by atoms with Crippen molar-refractivity contribution in [3.63, 3.8) is 0 Å². The summed E-state index contributed by atoms with van der Waals surface area (Å²) >= 11 is 0. The lowest BCUT2D eigenvalue weighted by Gasteiger charge is -2.29. The van der Waals surface area contributed by atoms with Crippen LogP contribution in [-0.4, -0.2) is 13.2 Å². The lowest BCUT2D eigenvalue weighted by molar-refractivity contribution is -0.206. The maximum atomic E-state index is 5.93. The summed E-state index contributed by atoms with van der Waals surface area (Å²) < 4.78 is 11.9. The predicted molar refractivity (Wildman–Crippen MR) is 96.5 cm³/mol. The largest absolute Gasteiger partial charge is 0.348 e. The molecule has 0 N–H and O–H groups in total. The highest BCUT2D eigenvalue weighted by Gasteiger charge is 2.23. The van der Waals surface area contributed by atoms with Gasteiger partial charge in [0.25, 0.3) is 0 Å². The maximum absolute atomic E-state index is 5.93. The summed E-state index contributed by atoms with van der Waals surface area (Å²) in [4.78, 5) is 0. The van der Waals surface area contributed by atoms with E-state index >= 15 is 0 Å². The van der Waals surface area contributed by atoms with Gasteiger partial charge in [0.2, 0.25) is 0 Å². The maximum Gasteiger partial charge on any atom is 0.183 e. The van der Waals surface area contributed by atoms with Crippen LogP contribution in [0.1, 0.15) is 69.3 Å². The molecule has 0 aromatic heterocycles. The standard InChI is InChI=1S/C21H32O2/c1-3-5-7-9-10-18-12-14-20(15-13-18)21-22-16-19(17-23-21)11-8-6-4-2/h3,12-15,19,21H,1,4-11,16-17H2,2H3. The van der Waals surface area contributed by atoms with Gasteiger partial charge >= 0.3 is 0 Å². The first-order valence-electron chi connectivity index (χ1n) is 9.26. The molecule has 2 nitrogen and oxygen atoms in total. The second-order valence-electron chi connectivity index (χ2n) is 6.64. The smallest absolute Gasteiger partial charge is 0.183 e. The normalized spacial score (nSPS) is 21.3. The quantitative estimate of drug-likeness (QED) is 0.399. The Morgan fingerprint density at radius 2 is 1.78 bits per heavy atom. The Hall–Kier alpha value is -1.12. The van der Waals surface area contributed by atoms with Crippen LogP contribution in [0.3, 0.4) is 0 Å². The van der Waals surface area contributed by atoms with Crippen LogP contribution in [0.25, 0.3) is 0 Å². The van der Waals surface area contributed by atoms with Crippen molar-refractivity contribution < 1.29 is 9.47 Å². The molecule has 0 unspecified atom stereocenters. The Morgan fingerprint density at radius 3 is 2.43 bits per heavy atom. The fraction of sp³-hybridized carbons (Fsp3) is 0.619. The van der Waals surface area contributed by atoms with Gasteiger partial charge in [-0.15, -0.1) is 6.58 Å². The summed E-state index contributed by atoms with van der Waals surface area (Å²) in [7, 11) is 0. The summed E-state index contributed by atoms with van der Waals surface area (Å²) in [5.74, 6) is 0.571. The molecule has 2 heteroatoms. The predicted octanol–water partition coefficient (Wildman–Crippen LogP) is 5.83. The minimum Gasteiger partial charge on any atom is -0.348 e. The van der Waals surface area contributed by atoms with E-state index in [0.717, 1.165) is 31.6 Å². The molecular weight excluding hydrogens is 284 g/mol. The van der Waals surface area contributed by atoms with E-state index in [1.807, 2.05) is 6.08 Å². The number of aryl methyl sites for hydroxylation is 1. The van der Waals surface area contributed by atoms with E-state index in [4.69, 9.17) is 9.47 Å². The lowest BCUT2D eigenvalue weighted by Crippen LogP contribution is -2.27. The van der Waals surface area contributed by atoms with Crippen LogP contribution < -0.4 is 0 Å². The molecule has 1 saturated heterocycles. The second-order valence-corrected chi connectivity index (χ2v) is 6.64. The molecule has 1 aromatic carbocycles. The van der Waals surface area contributed by atoms with Crippen LogP contribution in [0.15, 0.2) is 36.9 Å². The first-order valence-corrected chi connectivity index (χ1v) is 9.26. The van der Waals surface area contributed by atoms with Crippen molar-refractivity contribution in [3.8, 4) is 0 Å². The Bertz CT molecular complexity index is 430. The van der Waals surface area contributed by atoms with Crippen molar-refractivity contribution in [1.29, 1.82) is 0 Å². The third-order valence-electron chi connectivity index (χ3n) is 4.56. The summed E-state index contributed by atoms with van der Waals surface area (Å²) in [6, 6.07) is 8.74. The third-order valence-corrected chi connectivity index (χ3v) is 4.56. The van der Waals surface area contributed by atoms with Crippen LogP contribution in [0, 0.1) is 5.92 Å². The van der Waals surface area contributed by atoms with Crippen molar-refractivity contribution in [2.75, 3.05) is 13.2 Å². The van der Waals surface area contributed by atoms with Gasteiger partial charge in [0.05, 0.1) is 13.2 Å². The van der Waals surface area contributed by atoms with Crippen molar-refractivity contribution in [2.45, 2.75) is 64.6 Å². The highest BCUT2D eigenvalue weighted by Crippen LogP contribution is 2.27. The molecule has 23 heavy (non-hydrogen) atoms. The molecular formula is C21H32O2. The van der Waals surface area contributed by atoms with E-state index in [1.54, 1.807) is 0 Å². The average Bonchev–Trinajstić information content (AvgIpc) is 2.60. The van der Waals surface area contributed by atoms with Crippen molar-refractivity contribution >= 4 is 0 Å². The average molecular weight is 316 g/mol. The zero-order chi connectivity index (χ0) is 16.3. The molecule has 1 aliphatic rings. The van der Waals surface area contributed by atoms with Gasteiger partial charge in [0.15, 0.2) is 6.29 Å². The van der Waals surface area contributed by atoms with E-state index in [2.05, 4.69) is 37.8 Å². The summed E-state index contributed by atoms with van der Waals surface area (Å²) in [6.07, 6.45) is 11.6. The molecule has 0 spiro atoms. The number of hydrogen-bond acceptors (Lipinski definition) is 2. The molecule has 128 valence electrons. The Labute approximate surface area is 141 Å². The first kappa shape index (κ1) is 18.2. The number of unbranched alkanes of at least 4 members (excludes halogenated alkanes) is 4. The number of allylic oxidation sites excluding steroid dienone is 1. The molecule has 0 atom stereocenters. The van der Waals surface area contributed by atoms with E-state index in [1.165, 1.54) is 44.1 Å². The van der Waals surface area contributed by atoms with Gasteiger partial charge in [-0.3, -0.25) is 0 Å². The van der Waals surface area contributed by atoms with Gasteiger partial charge < -0.3 is 9.47 Å². The highest BCUT2D eigenvalue weighted by atomic mass is 16.7. The fourth-order valence-electron chi connectivity index (χ4n) is 3.04. The number of hydrogen-bond donors (Lipinski definition) is 0. The zero-order valence-corrected chi connectivity index (χ0v) is 14.6. The Kier molecular flexibility index (Phi) is 8.41. The van der Waals surface area contributed by atoms with Crippen LogP contribution in [0.2, 0.25) is 0 Å². The number of rotatable bonds is 10. The molecule has 0 amide bonds. The molecule has 0 saturated carbocycles. The Balaban J connectivity index is 1.72. The van der Waals surface area contributed by atoms with E-state index < -0.39 is 0 Å². The van der Waals surface area contributed by atoms with Crippen LogP contribution >= 0.6 is 0 Å². The van der Waals surface area contributed by atoms with Gasteiger partial charge in [0, 0.05) is 11.5 Å². The second kappa shape index (κ2) is 10.6. The molecule has 1 aliphatic heterocycles. The molecule has 2 rings (SSSR count). The van der Waals surface area contributed by atoms with E-state index in [9.17, 15) is 0 Å². The van der Waals surface area contributed by atoms with Gasteiger partial charge in [-0.1, -0.05) is 56.5 Å². The molecule has 1 heterocycles. The third kappa shape index (κ3) is 6.48. The Morgan fingerprint density at radius 1 is 1.04 bits per heavy atom. The van der Waals surface area contributed by atoms with Crippen molar-refractivity contribution in [2.24, 2.45) is 5.92 Å². The SMILES string of the molecule is C=CCCCCc1ccc(C2OCC(CCCCC)CO2)cc1. The molecule has 0 aliphatic carbocycles. The van der Waals surface area contributed by atoms with Crippen LogP contribution in [-0.2, 0) is 15.9 Å². The lowest BCUT2D eigenvalue weighted by atomic mass is 10.0. The summed E-state index contributed by atoms with van der Waals surface area (Å²) in [6.45, 7) is 7.67. The number of ether oxygens (including phenoxy) is 2. The topological polar surface area (TPSA) is 18.5 Å².